The number of carbonyl (C=O) groups excluding carboxylic acids is 2. The Hall–Kier alpha value is -1.10. The van der Waals surface area contributed by atoms with Crippen molar-refractivity contribution in [2.45, 2.75) is 53.0 Å². The third-order valence-corrected chi connectivity index (χ3v) is 5.32. The normalized spacial score (nSPS) is 24.2. The maximum Gasteiger partial charge on any atom is 0.222 e. The zero-order valence-corrected chi connectivity index (χ0v) is 14.6. The van der Waals surface area contributed by atoms with Gasteiger partial charge in [0.2, 0.25) is 11.8 Å². The molecule has 0 atom stereocenters. The van der Waals surface area contributed by atoms with Crippen molar-refractivity contribution in [1.29, 1.82) is 0 Å². The molecule has 1 spiro atoms. The molecule has 2 saturated heterocycles. The molecule has 1 aliphatic carbocycles. The van der Waals surface area contributed by atoms with Gasteiger partial charge in [0.1, 0.15) is 0 Å². The molecule has 0 aromatic heterocycles. The second kappa shape index (κ2) is 6.99. The molecule has 2 heterocycles. The van der Waals surface area contributed by atoms with Gasteiger partial charge in [-0.1, -0.05) is 20.8 Å². The Morgan fingerprint density at radius 1 is 1.00 bits per heavy atom. The third kappa shape index (κ3) is 3.29. The summed E-state index contributed by atoms with van der Waals surface area (Å²) >= 11 is 0. The molecule has 0 bridgehead atoms. The maximum atomic E-state index is 11.7. The molecule has 1 saturated carbocycles. The minimum Gasteiger partial charge on any atom is -0.342 e. The van der Waals surface area contributed by atoms with Crippen LogP contribution in [0.25, 0.3) is 0 Å². The number of rotatable bonds is 2. The fraction of sp³-hybridized carbons (Fsp3) is 0.882. The molecule has 0 radical (unpaired) electrons. The zero-order valence-electron chi connectivity index (χ0n) is 14.6. The fourth-order valence-electron chi connectivity index (χ4n) is 4.00. The van der Waals surface area contributed by atoms with Gasteiger partial charge in [-0.15, -0.1) is 0 Å². The standard InChI is InChI=1S/C15H25N3O2.C2H6/c1-3-14(20)17-6-4-16(5-7-17)13-8-15(9-13)10-18(11-15)12(2)19;1-2/h13H,3-11H2,1-2H3;1-2H3. The number of hydrogen-bond donors (Lipinski definition) is 0. The number of amides is 2. The van der Waals surface area contributed by atoms with E-state index in [0.717, 1.165) is 39.3 Å². The lowest BCUT2D eigenvalue weighted by atomic mass is 9.60. The lowest BCUT2D eigenvalue weighted by Crippen LogP contribution is -2.68. The van der Waals surface area contributed by atoms with Gasteiger partial charge in [0, 0.05) is 64.1 Å². The van der Waals surface area contributed by atoms with E-state index in [1.165, 1.54) is 12.8 Å². The van der Waals surface area contributed by atoms with Crippen LogP contribution in [0.3, 0.4) is 0 Å². The lowest BCUT2D eigenvalue weighted by molar-refractivity contribution is -0.156. The summed E-state index contributed by atoms with van der Waals surface area (Å²) in [5.41, 5.74) is 0.437. The summed E-state index contributed by atoms with van der Waals surface area (Å²) in [6.07, 6.45) is 3.09. The summed E-state index contributed by atoms with van der Waals surface area (Å²) in [6.45, 7) is 13.3. The van der Waals surface area contributed by atoms with Crippen molar-refractivity contribution in [3.63, 3.8) is 0 Å². The van der Waals surface area contributed by atoms with Crippen LogP contribution in [0, 0.1) is 5.41 Å². The largest absolute Gasteiger partial charge is 0.342 e. The van der Waals surface area contributed by atoms with E-state index in [-0.39, 0.29) is 11.8 Å². The molecule has 0 unspecified atom stereocenters. The highest BCUT2D eigenvalue weighted by molar-refractivity contribution is 5.76. The summed E-state index contributed by atoms with van der Waals surface area (Å²) in [5.74, 6) is 0.497. The van der Waals surface area contributed by atoms with Crippen molar-refractivity contribution in [2.24, 2.45) is 5.41 Å². The van der Waals surface area contributed by atoms with Crippen LogP contribution in [-0.4, -0.2) is 71.8 Å². The van der Waals surface area contributed by atoms with Gasteiger partial charge in [0.25, 0.3) is 0 Å². The topological polar surface area (TPSA) is 43.9 Å². The quantitative estimate of drug-likeness (QED) is 0.778. The molecule has 3 fully saturated rings. The van der Waals surface area contributed by atoms with Crippen molar-refractivity contribution in [2.75, 3.05) is 39.3 Å². The highest BCUT2D eigenvalue weighted by Crippen LogP contribution is 2.50. The van der Waals surface area contributed by atoms with E-state index in [0.29, 0.717) is 17.9 Å². The average Bonchev–Trinajstić information content (AvgIpc) is 2.46. The highest BCUT2D eigenvalue weighted by Gasteiger charge is 2.54. The van der Waals surface area contributed by atoms with Crippen LogP contribution in [-0.2, 0) is 9.59 Å². The molecular weight excluding hydrogens is 278 g/mol. The Kier molecular flexibility index (Phi) is 5.48. The predicted molar refractivity (Wildman–Crippen MR) is 87.5 cm³/mol. The van der Waals surface area contributed by atoms with Gasteiger partial charge in [0.15, 0.2) is 0 Å². The smallest absolute Gasteiger partial charge is 0.222 e. The SMILES string of the molecule is CC.CCC(=O)N1CCN(C2CC3(C2)CN(C(C)=O)C3)CC1. The average molecular weight is 309 g/mol. The number of likely N-dealkylation sites (tertiary alicyclic amines) is 1. The monoisotopic (exact) mass is 309 g/mol. The zero-order chi connectivity index (χ0) is 16.3. The molecule has 3 aliphatic rings. The predicted octanol–water partition coefficient (Wildman–Crippen LogP) is 1.58. The van der Waals surface area contributed by atoms with Gasteiger partial charge in [0.05, 0.1) is 0 Å². The van der Waals surface area contributed by atoms with Crippen LogP contribution in [0.2, 0.25) is 0 Å². The Labute approximate surface area is 134 Å². The molecule has 0 aromatic rings. The minimum absolute atomic E-state index is 0.214. The second-order valence-corrected chi connectivity index (χ2v) is 6.71. The van der Waals surface area contributed by atoms with E-state index in [9.17, 15) is 9.59 Å². The molecule has 2 aliphatic heterocycles. The van der Waals surface area contributed by atoms with E-state index in [1.807, 2.05) is 30.6 Å². The highest BCUT2D eigenvalue weighted by atomic mass is 16.2. The number of piperazine rings is 1. The summed E-state index contributed by atoms with van der Waals surface area (Å²) in [6, 6.07) is 0.683. The van der Waals surface area contributed by atoms with Crippen LogP contribution in [0.15, 0.2) is 0 Å². The lowest BCUT2D eigenvalue weighted by Gasteiger charge is -2.61. The Morgan fingerprint density at radius 3 is 2.00 bits per heavy atom. The van der Waals surface area contributed by atoms with Crippen molar-refractivity contribution in [1.82, 2.24) is 14.7 Å². The molecule has 3 rings (SSSR count). The number of hydrogen-bond acceptors (Lipinski definition) is 3. The van der Waals surface area contributed by atoms with Gasteiger partial charge >= 0.3 is 0 Å². The summed E-state index contributed by atoms with van der Waals surface area (Å²) in [4.78, 5) is 29.4. The van der Waals surface area contributed by atoms with Gasteiger partial charge in [-0.05, 0) is 12.8 Å². The number of carbonyl (C=O) groups is 2. The van der Waals surface area contributed by atoms with Crippen molar-refractivity contribution < 1.29 is 9.59 Å². The van der Waals surface area contributed by atoms with E-state index >= 15 is 0 Å². The van der Waals surface area contributed by atoms with Crippen molar-refractivity contribution in [3.05, 3.63) is 0 Å². The fourth-order valence-corrected chi connectivity index (χ4v) is 4.00. The molecule has 5 heteroatoms. The molecule has 126 valence electrons. The van der Waals surface area contributed by atoms with Gasteiger partial charge in [-0.25, -0.2) is 0 Å². The third-order valence-electron chi connectivity index (χ3n) is 5.32. The molecule has 22 heavy (non-hydrogen) atoms. The van der Waals surface area contributed by atoms with Crippen LogP contribution in [0.5, 0.6) is 0 Å². The van der Waals surface area contributed by atoms with Crippen molar-refractivity contribution >= 4 is 11.8 Å². The van der Waals surface area contributed by atoms with Crippen LogP contribution in [0.4, 0.5) is 0 Å². The summed E-state index contributed by atoms with van der Waals surface area (Å²) in [5, 5.41) is 0. The first kappa shape index (κ1) is 17.3. The maximum absolute atomic E-state index is 11.7. The van der Waals surface area contributed by atoms with Gasteiger partial charge in [-0.2, -0.15) is 0 Å². The van der Waals surface area contributed by atoms with E-state index in [1.54, 1.807) is 6.92 Å². The first-order chi connectivity index (χ1) is 10.5. The first-order valence-corrected chi connectivity index (χ1v) is 8.80. The van der Waals surface area contributed by atoms with E-state index in [2.05, 4.69) is 4.90 Å². The van der Waals surface area contributed by atoms with Gasteiger partial charge < -0.3 is 9.80 Å². The van der Waals surface area contributed by atoms with E-state index in [4.69, 9.17) is 0 Å². The van der Waals surface area contributed by atoms with Gasteiger partial charge in [-0.3, -0.25) is 14.5 Å². The van der Waals surface area contributed by atoms with E-state index < -0.39 is 0 Å². The van der Waals surface area contributed by atoms with Crippen LogP contribution < -0.4 is 0 Å². The van der Waals surface area contributed by atoms with Crippen molar-refractivity contribution in [3.8, 4) is 0 Å². The number of nitrogens with zero attached hydrogens (tertiary/aromatic N) is 3. The Bertz CT molecular complexity index is 402. The minimum atomic E-state index is 0.214. The summed E-state index contributed by atoms with van der Waals surface area (Å²) in [7, 11) is 0. The van der Waals surface area contributed by atoms with Crippen LogP contribution >= 0.6 is 0 Å². The summed E-state index contributed by atoms with van der Waals surface area (Å²) < 4.78 is 0. The molecule has 2 amide bonds. The van der Waals surface area contributed by atoms with Crippen LogP contribution in [0.1, 0.15) is 47.0 Å². The molecule has 5 nitrogen and oxygen atoms in total. The first-order valence-electron chi connectivity index (χ1n) is 8.80. The molecular formula is C17H31N3O2. The second-order valence-electron chi connectivity index (χ2n) is 6.71. The molecule has 0 N–H and O–H groups in total. The molecule has 0 aromatic carbocycles. The Balaban J connectivity index is 0.000000847. The Morgan fingerprint density at radius 2 is 1.55 bits per heavy atom.